The normalized spacial score (nSPS) is 52.0. The maximum Gasteiger partial charge on any atom is 0.155 e. The van der Waals surface area contributed by atoms with Crippen LogP contribution >= 0.6 is 0 Å². The van der Waals surface area contributed by atoms with Crippen LogP contribution in [0.1, 0.15) is 86.0 Å². The Morgan fingerprint density at radius 2 is 1.68 bits per heavy atom. The number of allylic oxidation sites excluding steroid dienone is 1. The summed E-state index contributed by atoms with van der Waals surface area (Å²) in [6.07, 6.45) is 10.7. The van der Waals surface area contributed by atoms with E-state index < -0.39 is 0 Å². The average molecular weight is 343 g/mol. The number of Topliss-reactive ketones (excluding diaryl/α,β-unsaturated/α-hetero) is 1. The molecule has 0 heterocycles. The average Bonchev–Trinajstić information content (AvgIpc) is 2.78. The lowest BCUT2D eigenvalue weighted by atomic mass is 9.40. The predicted molar refractivity (Wildman–Crippen MR) is 100 cm³/mol. The minimum atomic E-state index is -0.160. The van der Waals surface area contributed by atoms with Gasteiger partial charge in [-0.15, -0.1) is 0 Å². The first kappa shape index (κ1) is 17.5. The molecule has 0 aromatic heterocycles. The molecule has 6 atom stereocenters. The standard InChI is InChI=1S/C23H34O2/c1-15(24)21(3)12-13-22(4)19-7-6-16-14-17(25)8-10-20(16,2)18(19)9-11-23(21,22)5/h14,18-19H,6-13H2,1-5H3/t18-,19+,20-,21+,22-,23+/m0/s1. The van der Waals surface area contributed by atoms with E-state index in [4.69, 9.17) is 0 Å². The number of fused-ring (bicyclic) bond motifs is 5. The second kappa shape index (κ2) is 5.08. The van der Waals surface area contributed by atoms with E-state index in [1.165, 1.54) is 24.8 Å². The molecule has 4 aliphatic rings. The van der Waals surface area contributed by atoms with Crippen LogP contribution in [0, 0.1) is 33.5 Å². The summed E-state index contributed by atoms with van der Waals surface area (Å²) < 4.78 is 0. The van der Waals surface area contributed by atoms with Gasteiger partial charge in [-0.25, -0.2) is 0 Å². The van der Waals surface area contributed by atoms with Gasteiger partial charge in [-0.2, -0.15) is 0 Å². The third-order valence-electron chi connectivity index (χ3n) is 10.2. The zero-order valence-corrected chi connectivity index (χ0v) is 16.7. The van der Waals surface area contributed by atoms with Crippen LogP contribution in [0.3, 0.4) is 0 Å². The molecule has 4 rings (SSSR count). The lowest BCUT2D eigenvalue weighted by Gasteiger charge is -2.64. The molecule has 0 aromatic rings. The minimum Gasteiger partial charge on any atom is -0.299 e. The van der Waals surface area contributed by atoms with E-state index in [0.717, 1.165) is 32.1 Å². The topological polar surface area (TPSA) is 34.1 Å². The van der Waals surface area contributed by atoms with Gasteiger partial charge in [0, 0.05) is 11.8 Å². The van der Waals surface area contributed by atoms with Crippen LogP contribution in [-0.4, -0.2) is 11.6 Å². The quantitative estimate of drug-likeness (QED) is 0.630. The molecule has 4 aliphatic carbocycles. The summed E-state index contributed by atoms with van der Waals surface area (Å²) in [5.74, 6) is 2.11. The number of carbonyl (C=O) groups is 2. The van der Waals surface area contributed by atoms with Crippen molar-refractivity contribution in [2.45, 2.75) is 86.0 Å². The number of hydrogen-bond acceptors (Lipinski definition) is 2. The van der Waals surface area contributed by atoms with Gasteiger partial charge in [-0.1, -0.05) is 33.3 Å². The Kier molecular flexibility index (Phi) is 3.55. The highest BCUT2D eigenvalue weighted by atomic mass is 16.1. The molecule has 2 nitrogen and oxygen atoms in total. The Bertz CT molecular complexity index is 676. The zero-order chi connectivity index (χ0) is 18.3. The molecule has 0 aromatic carbocycles. The second-order valence-electron chi connectivity index (χ2n) is 10.5. The maximum atomic E-state index is 12.6. The van der Waals surface area contributed by atoms with E-state index in [9.17, 15) is 9.59 Å². The molecular weight excluding hydrogens is 308 g/mol. The van der Waals surface area contributed by atoms with Crippen molar-refractivity contribution in [2.24, 2.45) is 33.5 Å². The second-order valence-corrected chi connectivity index (χ2v) is 10.5. The molecule has 25 heavy (non-hydrogen) atoms. The fraction of sp³-hybridized carbons (Fsp3) is 0.826. The molecule has 0 saturated heterocycles. The van der Waals surface area contributed by atoms with Gasteiger partial charge in [0.2, 0.25) is 0 Å². The molecule has 0 unspecified atom stereocenters. The zero-order valence-electron chi connectivity index (χ0n) is 16.7. The molecular formula is C23H34O2. The van der Waals surface area contributed by atoms with E-state index in [1.807, 2.05) is 13.0 Å². The summed E-state index contributed by atoms with van der Waals surface area (Å²) in [5.41, 5.74) is 1.87. The highest BCUT2D eigenvalue weighted by Crippen LogP contribution is 2.75. The van der Waals surface area contributed by atoms with Crippen molar-refractivity contribution >= 4 is 11.6 Å². The van der Waals surface area contributed by atoms with Crippen molar-refractivity contribution in [3.8, 4) is 0 Å². The summed E-state index contributed by atoms with van der Waals surface area (Å²) in [4.78, 5) is 24.6. The molecule has 0 radical (unpaired) electrons. The highest BCUT2D eigenvalue weighted by molar-refractivity contribution is 5.91. The third-order valence-corrected chi connectivity index (χ3v) is 10.2. The summed E-state index contributed by atoms with van der Waals surface area (Å²) in [6, 6.07) is 0. The van der Waals surface area contributed by atoms with Gasteiger partial charge >= 0.3 is 0 Å². The number of ketones is 2. The number of carbonyl (C=O) groups excluding carboxylic acids is 2. The van der Waals surface area contributed by atoms with Crippen molar-refractivity contribution in [2.75, 3.05) is 0 Å². The summed E-state index contributed by atoms with van der Waals surface area (Å²) >= 11 is 0. The largest absolute Gasteiger partial charge is 0.299 e. The molecule has 0 aliphatic heterocycles. The molecule has 3 fully saturated rings. The molecule has 3 saturated carbocycles. The van der Waals surface area contributed by atoms with Gasteiger partial charge in [0.25, 0.3) is 0 Å². The van der Waals surface area contributed by atoms with Crippen molar-refractivity contribution in [3.63, 3.8) is 0 Å². The molecule has 2 heteroatoms. The van der Waals surface area contributed by atoms with Crippen LogP contribution in [0.2, 0.25) is 0 Å². The van der Waals surface area contributed by atoms with E-state index in [-0.39, 0.29) is 21.7 Å². The maximum absolute atomic E-state index is 12.6. The lowest BCUT2D eigenvalue weighted by Crippen LogP contribution is -2.58. The van der Waals surface area contributed by atoms with E-state index in [1.54, 1.807) is 0 Å². The van der Waals surface area contributed by atoms with Crippen molar-refractivity contribution < 1.29 is 9.59 Å². The van der Waals surface area contributed by atoms with Crippen LogP contribution in [0.4, 0.5) is 0 Å². The Labute approximate surface area is 152 Å². The van der Waals surface area contributed by atoms with Gasteiger partial charge < -0.3 is 0 Å². The number of hydrogen-bond donors (Lipinski definition) is 0. The summed E-state index contributed by atoms with van der Waals surface area (Å²) in [5, 5.41) is 0. The smallest absolute Gasteiger partial charge is 0.155 e. The SMILES string of the molecule is CC(=O)[C@@]1(C)CC[C@@]2(C)[C@@H]3CCC4=CC(=O)CC[C@]4(C)[C@H]3CC[C@@]21C. The Morgan fingerprint density at radius 1 is 0.960 bits per heavy atom. The molecule has 0 spiro atoms. The monoisotopic (exact) mass is 342 g/mol. The molecule has 138 valence electrons. The van der Waals surface area contributed by atoms with Crippen LogP contribution in [0.25, 0.3) is 0 Å². The third kappa shape index (κ3) is 1.92. The Morgan fingerprint density at radius 3 is 2.36 bits per heavy atom. The first-order valence-corrected chi connectivity index (χ1v) is 10.3. The van der Waals surface area contributed by atoms with E-state index >= 15 is 0 Å². The predicted octanol–water partition coefficient (Wildman–Crippen LogP) is 5.50. The van der Waals surface area contributed by atoms with E-state index in [0.29, 0.717) is 23.4 Å². The van der Waals surface area contributed by atoms with Crippen molar-refractivity contribution in [3.05, 3.63) is 11.6 Å². The first-order chi connectivity index (χ1) is 11.6. The Balaban J connectivity index is 1.76. The first-order valence-electron chi connectivity index (χ1n) is 10.3. The fourth-order valence-corrected chi connectivity index (χ4v) is 7.85. The van der Waals surface area contributed by atoms with Gasteiger partial charge in [0.05, 0.1) is 0 Å². The van der Waals surface area contributed by atoms with Gasteiger partial charge in [-0.3, -0.25) is 9.59 Å². The minimum absolute atomic E-state index is 0.120. The van der Waals surface area contributed by atoms with E-state index in [2.05, 4.69) is 27.7 Å². The van der Waals surface area contributed by atoms with Gasteiger partial charge in [0.15, 0.2) is 5.78 Å². The van der Waals surface area contributed by atoms with Crippen molar-refractivity contribution in [1.29, 1.82) is 0 Å². The highest BCUT2D eigenvalue weighted by Gasteiger charge is 2.69. The number of rotatable bonds is 1. The van der Waals surface area contributed by atoms with Crippen LogP contribution in [0.15, 0.2) is 11.6 Å². The van der Waals surface area contributed by atoms with Crippen molar-refractivity contribution in [1.82, 2.24) is 0 Å². The molecule has 0 amide bonds. The fourth-order valence-electron chi connectivity index (χ4n) is 7.85. The molecule has 0 N–H and O–H groups in total. The summed E-state index contributed by atoms with van der Waals surface area (Å²) in [7, 11) is 0. The summed E-state index contributed by atoms with van der Waals surface area (Å²) in [6.45, 7) is 11.4. The van der Waals surface area contributed by atoms with Crippen LogP contribution in [-0.2, 0) is 9.59 Å². The van der Waals surface area contributed by atoms with Gasteiger partial charge in [-0.05, 0) is 86.0 Å². The van der Waals surface area contributed by atoms with Crippen LogP contribution in [0.5, 0.6) is 0 Å². The lowest BCUT2D eigenvalue weighted by molar-refractivity contribution is -0.154. The van der Waals surface area contributed by atoms with Crippen LogP contribution < -0.4 is 0 Å². The molecule has 0 bridgehead atoms. The van der Waals surface area contributed by atoms with Gasteiger partial charge in [0.1, 0.15) is 5.78 Å². The Hall–Kier alpha value is -0.920.